The molecule has 0 amide bonds. The highest BCUT2D eigenvalue weighted by Gasteiger charge is 2.37. The van der Waals surface area contributed by atoms with Crippen molar-refractivity contribution in [2.24, 2.45) is 5.10 Å². The highest BCUT2D eigenvalue weighted by Crippen LogP contribution is 2.41. The summed E-state index contributed by atoms with van der Waals surface area (Å²) < 4.78 is 43.8. The van der Waals surface area contributed by atoms with Crippen LogP contribution in [0.1, 0.15) is 18.1 Å². The number of alkyl halides is 3. The topological polar surface area (TPSA) is 120 Å². The molecular weight excluding hydrogens is 385 g/mol. The van der Waals surface area contributed by atoms with E-state index >= 15 is 0 Å². The van der Waals surface area contributed by atoms with E-state index in [4.69, 9.17) is 4.74 Å². The molecule has 0 heterocycles. The minimum absolute atomic E-state index is 0.214. The molecule has 0 aliphatic rings. The summed E-state index contributed by atoms with van der Waals surface area (Å²) in [6, 6.07) is 6.97. The molecule has 0 saturated heterocycles. The second-order valence-corrected chi connectivity index (χ2v) is 5.44. The van der Waals surface area contributed by atoms with E-state index in [0.29, 0.717) is 11.3 Å². The van der Waals surface area contributed by atoms with E-state index in [2.05, 4.69) is 10.5 Å². The Kier molecular flexibility index (Phi) is 5.81. The van der Waals surface area contributed by atoms with Crippen LogP contribution in [0.5, 0.6) is 5.75 Å². The first-order valence-electron chi connectivity index (χ1n) is 7.53. The summed E-state index contributed by atoms with van der Waals surface area (Å²) >= 11 is 0. The Morgan fingerprint density at radius 3 is 2.14 bits per heavy atom. The Morgan fingerprint density at radius 2 is 1.68 bits per heavy atom. The number of hydrazone groups is 1. The van der Waals surface area contributed by atoms with Crippen LogP contribution < -0.4 is 10.2 Å². The maximum absolute atomic E-state index is 12.9. The molecule has 0 fully saturated rings. The Bertz CT molecular complexity index is 925. The molecule has 0 atom stereocenters. The molecule has 12 heteroatoms. The zero-order valence-electron chi connectivity index (χ0n) is 14.5. The van der Waals surface area contributed by atoms with Crippen molar-refractivity contribution in [3.8, 4) is 5.75 Å². The third-order valence-corrected chi connectivity index (χ3v) is 3.64. The Morgan fingerprint density at radius 1 is 1.11 bits per heavy atom. The quantitative estimate of drug-likeness (QED) is 0.438. The van der Waals surface area contributed by atoms with Crippen LogP contribution in [0.4, 0.5) is 30.2 Å². The molecule has 0 aliphatic carbocycles. The average Bonchev–Trinajstić information content (AvgIpc) is 2.64. The van der Waals surface area contributed by atoms with Gasteiger partial charge in [-0.15, -0.1) is 0 Å². The number of rotatable bonds is 6. The molecule has 0 spiro atoms. The van der Waals surface area contributed by atoms with Crippen molar-refractivity contribution < 1.29 is 27.8 Å². The first kappa shape index (κ1) is 20.6. The van der Waals surface area contributed by atoms with Crippen LogP contribution in [0.15, 0.2) is 41.5 Å². The third-order valence-electron chi connectivity index (χ3n) is 3.64. The number of halogens is 3. The van der Waals surface area contributed by atoms with E-state index in [1.54, 1.807) is 24.3 Å². The molecule has 2 aromatic rings. The second kappa shape index (κ2) is 7.90. The zero-order valence-corrected chi connectivity index (χ0v) is 14.5. The predicted octanol–water partition coefficient (Wildman–Crippen LogP) is 4.37. The molecule has 0 unspecified atom stereocenters. The first-order valence-corrected chi connectivity index (χ1v) is 7.53. The van der Waals surface area contributed by atoms with Crippen molar-refractivity contribution in [2.75, 3.05) is 12.5 Å². The number of anilines is 1. The molecule has 148 valence electrons. The number of nitro benzene ring substituents is 2. The van der Waals surface area contributed by atoms with Gasteiger partial charge in [-0.25, -0.2) is 0 Å². The molecular formula is C16H13F3N4O5. The number of nitrogens with one attached hydrogen (secondary N) is 1. The molecule has 0 saturated carbocycles. The van der Waals surface area contributed by atoms with Gasteiger partial charge >= 0.3 is 17.6 Å². The predicted molar refractivity (Wildman–Crippen MR) is 93.6 cm³/mol. The monoisotopic (exact) mass is 398 g/mol. The fourth-order valence-electron chi connectivity index (χ4n) is 2.23. The lowest BCUT2D eigenvalue weighted by molar-refractivity contribution is -0.392. The molecule has 1 N–H and O–H groups in total. The number of nitrogens with zero attached hydrogens (tertiary/aromatic N) is 3. The summed E-state index contributed by atoms with van der Waals surface area (Å²) in [7, 11) is 1.44. The lowest BCUT2D eigenvalue weighted by Gasteiger charge is -2.10. The standard InChI is InChI=1S/C16H13F3N4O5/c1-9(10-4-3-5-12(6-10)28-2)20-21-15-13(22(24)25)7-11(16(17,18)19)8-14(15)23(26)27/h3-8,21H,1-2H3/b20-9-. The molecule has 0 radical (unpaired) electrons. The summed E-state index contributed by atoms with van der Waals surface area (Å²) in [6.45, 7) is 1.50. The van der Waals surface area contributed by atoms with E-state index < -0.39 is 38.6 Å². The minimum Gasteiger partial charge on any atom is -0.497 e. The van der Waals surface area contributed by atoms with Gasteiger partial charge in [-0.3, -0.25) is 25.7 Å². The smallest absolute Gasteiger partial charge is 0.416 e. The van der Waals surface area contributed by atoms with Gasteiger partial charge in [0.05, 0.1) is 28.2 Å². The zero-order chi connectivity index (χ0) is 21.1. The molecule has 0 aliphatic heterocycles. The van der Waals surface area contributed by atoms with Gasteiger partial charge in [0.2, 0.25) is 5.69 Å². The second-order valence-electron chi connectivity index (χ2n) is 5.44. The highest BCUT2D eigenvalue weighted by molar-refractivity contribution is 5.99. The summed E-state index contributed by atoms with van der Waals surface area (Å²) in [4.78, 5) is 20.1. The molecule has 2 rings (SSSR count). The molecule has 28 heavy (non-hydrogen) atoms. The van der Waals surface area contributed by atoms with Crippen molar-refractivity contribution in [1.82, 2.24) is 0 Å². The summed E-state index contributed by atoms with van der Waals surface area (Å²) in [5, 5.41) is 26.2. The van der Waals surface area contributed by atoms with Gasteiger partial charge in [0.1, 0.15) is 5.75 Å². The minimum atomic E-state index is -4.99. The highest BCUT2D eigenvalue weighted by atomic mass is 19.4. The van der Waals surface area contributed by atoms with Gasteiger partial charge in [0.25, 0.3) is 0 Å². The van der Waals surface area contributed by atoms with Crippen molar-refractivity contribution in [3.63, 3.8) is 0 Å². The lowest BCUT2D eigenvalue weighted by Crippen LogP contribution is -2.10. The van der Waals surface area contributed by atoms with Gasteiger partial charge in [-0.05, 0) is 19.1 Å². The van der Waals surface area contributed by atoms with Gasteiger partial charge in [0.15, 0.2) is 0 Å². The van der Waals surface area contributed by atoms with E-state index in [1.165, 1.54) is 14.0 Å². The van der Waals surface area contributed by atoms with Gasteiger partial charge < -0.3 is 4.74 Å². The molecule has 0 bridgehead atoms. The number of methoxy groups -OCH3 is 1. The maximum Gasteiger partial charge on any atom is 0.416 e. The van der Waals surface area contributed by atoms with Crippen LogP contribution in [0.3, 0.4) is 0 Å². The third kappa shape index (κ3) is 4.52. The molecule has 2 aromatic carbocycles. The van der Waals surface area contributed by atoms with Crippen LogP contribution in [-0.4, -0.2) is 22.7 Å². The van der Waals surface area contributed by atoms with Crippen LogP contribution in [0.25, 0.3) is 0 Å². The van der Waals surface area contributed by atoms with Gasteiger partial charge in [0, 0.05) is 17.7 Å². The van der Waals surface area contributed by atoms with Crippen LogP contribution in [0, 0.1) is 20.2 Å². The molecule has 9 nitrogen and oxygen atoms in total. The summed E-state index contributed by atoms with van der Waals surface area (Å²) in [6.07, 6.45) is -4.99. The van der Waals surface area contributed by atoms with E-state index in [0.717, 1.165) is 0 Å². The van der Waals surface area contributed by atoms with Crippen molar-refractivity contribution in [3.05, 3.63) is 67.8 Å². The number of hydrogen-bond donors (Lipinski definition) is 1. The number of ether oxygens (including phenoxy) is 1. The number of hydrogen-bond acceptors (Lipinski definition) is 7. The van der Waals surface area contributed by atoms with E-state index in [-0.39, 0.29) is 17.8 Å². The fraction of sp³-hybridized carbons (Fsp3) is 0.188. The normalized spacial score (nSPS) is 11.8. The Balaban J connectivity index is 2.54. The first-order chi connectivity index (χ1) is 13.0. The van der Waals surface area contributed by atoms with Crippen LogP contribution >= 0.6 is 0 Å². The maximum atomic E-state index is 12.9. The van der Waals surface area contributed by atoms with Gasteiger partial charge in [-0.2, -0.15) is 18.3 Å². The summed E-state index contributed by atoms with van der Waals surface area (Å²) in [5.74, 6) is 0.499. The van der Waals surface area contributed by atoms with Crippen LogP contribution in [0.2, 0.25) is 0 Å². The summed E-state index contributed by atoms with van der Waals surface area (Å²) in [5.41, 5.74) is -1.56. The molecule has 0 aromatic heterocycles. The van der Waals surface area contributed by atoms with E-state index in [1.807, 2.05) is 0 Å². The van der Waals surface area contributed by atoms with E-state index in [9.17, 15) is 33.4 Å². The van der Waals surface area contributed by atoms with Crippen molar-refractivity contribution >= 4 is 22.8 Å². The largest absolute Gasteiger partial charge is 0.497 e. The average molecular weight is 398 g/mol. The van der Waals surface area contributed by atoms with Crippen molar-refractivity contribution in [2.45, 2.75) is 13.1 Å². The fourth-order valence-corrected chi connectivity index (χ4v) is 2.23. The number of nitro groups is 2. The van der Waals surface area contributed by atoms with Crippen LogP contribution in [-0.2, 0) is 6.18 Å². The SMILES string of the molecule is COc1cccc(/C(C)=N\Nc2c([N+](=O)[O-])cc(C(F)(F)F)cc2[N+](=O)[O-])c1. The lowest BCUT2D eigenvalue weighted by atomic mass is 10.1. The number of benzene rings is 2. The Hall–Kier alpha value is -3.70. The van der Waals surface area contributed by atoms with Crippen molar-refractivity contribution in [1.29, 1.82) is 0 Å². The Labute approximate surface area is 155 Å². The van der Waals surface area contributed by atoms with Gasteiger partial charge in [-0.1, -0.05) is 12.1 Å².